The van der Waals surface area contributed by atoms with Crippen LogP contribution in [0.5, 0.6) is 5.75 Å². The fourth-order valence-corrected chi connectivity index (χ4v) is 5.39. The average molecular weight is 258 g/mol. The molecule has 4 saturated carbocycles. The normalized spacial score (nSPS) is 39.7. The standard InChI is InChI=1S/C16H22N2O/c1-8-13(7-18-16(17)15(8)19)14-11-3-9-2-10(5-11)6-12(14)4-9/h7,9-12,14,19H,2-6H2,1H3,(H2,17,18). The Bertz CT molecular complexity index is 498. The molecule has 1 aromatic heterocycles. The van der Waals surface area contributed by atoms with E-state index in [1.54, 1.807) is 0 Å². The molecular formula is C16H22N2O. The number of nitrogen functional groups attached to an aromatic ring is 1. The number of hydrogen-bond acceptors (Lipinski definition) is 3. The molecule has 19 heavy (non-hydrogen) atoms. The highest BCUT2D eigenvalue weighted by Crippen LogP contribution is 2.60. The van der Waals surface area contributed by atoms with Gasteiger partial charge in [0.25, 0.3) is 0 Å². The molecule has 4 bridgehead atoms. The molecule has 0 spiro atoms. The zero-order valence-corrected chi connectivity index (χ0v) is 11.5. The minimum Gasteiger partial charge on any atom is -0.504 e. The summed E-state index contributed by atoms with van der Waals surface area (Å²) in [6, 6.07) is 0. The number of rotatable bonds is 1. The second kappa shape index (κ2) is 3.87. The van der Waals surface area contributed by atoms with Gasteiger partial charge in [-0.15, -0.1) is 0 Å². The fraction of sp³-hybridized carbons (Fsp3) is 0.688. The lowest BCUT2D eigenvalue weighted by Gasteiger charge is -2.54. The fourth-order valence-electron chi connectivity index (χ4n) is 5.39. The van der Waals surface area contributed by atoms with Crippen molar-refractivity contribution < 1.29 is 5.11 Å². The Balaban J connectivity index is 1.75. The number of aromatic hydroxyl groups is 1. The summed E-state index contributed by atoms with van der Waals surface area (Å²) in [7, 11) is 0. The monoisotopic (exact) mass is 258 g/mol. The number of nitrogens with zero attached hydrogens (tertiary/aromatic N) is 1. The van der Waals surface area contributed by atoms with E-state index in [-0.39, 0.29) is 11.6 Å². The Labute approximate surface area is 114 Å². The maximum atomic E-state index is 10.1. The largest absolute Gasteiger partial charge is 0.504 e. The average Bonchev–Trinajstić information content (AvgIpc) is 2.37. The van der Waals surface area contributed by atoms with Crippen molar-refractivity contribution in [3.05, 3.63) is 17.3 Å². The first-order chi connectivity index (χ1) is 9.13. The molecule has 3 nitrogen and oxygen atoms in total. The molecule has 0 unspecified atom stereocenters. The summed E-state index contributed by atoms with van der Waals surface area (Å²) in [6.07, 6.45) is 8.97. The smallest absolute Gasteiger partial charge is 0.166 e. The molecule has 3 heteroatoms. The van der Waals surface area contributed by atoms with Crippen molar-refractivity contribution in [2.45, 2.75) is 44.9 Å². The van der Waals surface area contributed by atoms with Crippen molar-refractivity contribution in [1.82, 2.24) is 4.98 Å². The van der Waals surface area contributed by atoms with Crippen LogP contribution in [0.4, 0.5) is 5.82 Å². The predicted octanol–water partition coefficient (Wildman–Crippen LogP) is 3.22. The molecular weight excluding hydrogens is 236 g/mol. The Morgan fingerprint density at radius 2 is 1.68 bits per heavy atom. The summed E-state index contributed by atoms with van der Waals surface area (Å²) in [4.78, 5) is 4.20. The summed E-state index contributed by atoms with van der Waals surface area (Å²) in [5.74, 6) is 4.69. The molecule has 0 radical (unpaired) electrons. The summed E-state index contributed by atoms with van der Waals surface area (Å²) in [5, 5.41) is 10.1. The van der Waals surface area contributed by atoms with Crippen LogP contribution < -0.4 is 5.73 Å². The van der Waals surface area contributed by atoms with Gasteiger partial charge in [0.2, 0.25) is 0 Å². The first-order valence-electron chi connectivity index (χ1n) is 7.57. The molecule has 0 atom stereocenters. The number of aromatic nitrogens is 1. The zero-order valence-electron chi connectivity index (χ0n) is 11.5. The van der Waals surface area contributed by atoms with Gasteiger partial charge in [0.1, 0.15) is 0 Å². The first-order valence-corrected chi connectivity index (χ1v) is 7.57. The number of pyridine rings is 1. The van der Waals surface area contributed by atoms with E-state index in [0.29, 0.717) is 5.92 Å². The van der Waals surface area contributed by atoms with Gasteiger partial charge in [-0.2, -0.15) is 0 Å². The molecule has 1 heterocycles. The molecule has 1 aromatic rings. The second-order valence-corrected chi connectivity index (χ2v) is 7.03. The van der Waals surface area contributed by atoms with E-state index in [1.807, 2.05) is 13.1 Å². The molecule has 0 aromatic carbocycles. The lowest BCUT2D eigenvalue weighted by Crippen LogP contribution is -2.44. The molecule has 4 aliphatic carbocycles. The summed E-state index contributed by atoms with van der Waals surface area (Å²) >= 11 is 0. The van der Waals surface area contributed by atoms with Crippen LogP contribution >= 0.6 is 0 Å². The third-order valence-electron chi connectivity index (χ3n) is 5.96. The van der Waals surface area contributed by atoms with Crippen LogP contribution in [-0.4, -0.2) is 10.1 Å². The van der Waals surface area contributed by atoms with Crippen molar-refractivity contribution in [2.24, 2.45) is 23.7 Å². The van der Waals surface area contributed by atoms with Crippen molar-refractivity contribution >= 4 is 5.82 Å². The molecule has 4 fully saturated rings. The predicted molar refractivity (Wildman–Crippen MR) is 74.8 cm³/mol. The van der Waals surface area contributed by atoms with Crippen LogP contribution in [0.3, 0.4) is 0 Å². The van der Waals surface area contributed by atoms with Gasteiger partial charge in [-0.05, 0) is 79.7 Å². The van der Waals surface area contributed by atoms with E-state index in [2.05, 4.69) is 4.98 Å². The van der Waals surface area contributed by atoms with Crippen molar-refractivity contribution in [2.75, 3.05) is 5.73 Å². The molecule has 0 aliphatic heterocycles. The van der Waals surface area contributed by atoms with Crippen molar-refractivity contribution in [3.8, 4) is 5.75 Å². The minimum absolute atomic E-state index is 0.200. The van der Waals surface area contributed by atoms with Gasteiger partial charge in [0.05, 0.1) is 0 Å². The summed E-state index contributed by atoms with van der Waals surface area (Å²) in [6.45, 7) is 1.99. The maximum Gasteiger partial charge on any atom is 0.166 e. The van der Waals surface area contributed by atoms with Gasteiger partial charge in [0, 0.05) is 6.20 Å². The van der Waals surface area contributed by atoms with Crippen LogP contribution in [-0.2, 0) is 0 Å². The van der Waals surface area contributed by atoms with Gasteiger partial charge in [-0.1, -0.05) is 0 Å². The highest BCUT2D eigenvalue weighted by Gasteiger charge is 2.49. The highest BCUT2D eigenvalue weighted by atomic mass is 16.3. The quantitative estimate of drug-likeness (QED) is 0.813. The first kappa shape index (κ1) is 11.6. The van der Waals surface area contributed by atoms with Crippen LogP contribution in [0.15, 0.2) is 6.20 Å². The Morgan fingerprint density at radius 3 is 2.26 bits per heavy atom. The highest BCUT2D eigenvalue weighted by molar-refractivity contribution is 5.53. The Morgan fingerprint density at radius 1 is 1.11 bits per heavy atom. The van der Waals surface area contributed by atoms with E-state index >= 15 is 0 Å². The summed E-state index contributed by atoms with van der Waals surface area (Å²) < 4.78 is 0. The third-order valence-corrected chi connectivity index (χ3v) is 5.96. The van der Waals surface area contributed by atoms with Crippen LogP contribution in [0.1, 0.15) is 49.1 Å². The van der Waals surface area contributed by atoms with Crippen molar-refractivity contribution in [1.29, 1.82) is 0 Å². The molecule has 5 rings (SSSR count). The van der Waals surface area contributed by atoms with E-state index in [9.17, 15) is 5.11 Å². The van der Waals surface area contributed by atoms with Gasteiger partial charge >= 0.3 is 0 Å². The SMILES string of the molecule is Cc1c(C2C3CC4CC(C3)CC2C4)cnc(N)c1O. The van der Waals surface area contributed by atoms with E-state index in [0.717, 1.165) is 29.2 Å². The number of nitrogens with two attached hydrogens (primary N) is 1. The van der Waals surface area contributed by atoms with Crippen molar-refractivity contribution in [3.63, 3.8) is 0 Å². The number of hydrogen-bond donors (Lipinski definition) is 2. The summed E-state index contributed by atoms with van der Waals surface area (Å²) in [5.41, 5.74) is 7.93. The molecule has 4 aliphatic rings. The third kappa shape index (κ3) is 1.60. The van der Waals surface area contributed by atoms with Gasteiger partial charge < -0.3 is 10.8 Å². The lowest BCUT2D eigenvalue weighted by atomic mass is 9.50. The lowest BCUT2D eigenvalue weighted by molar-refractivity contribution is -0.00313. The Hall–Kier alpha value is -1.25. The topological polar surface area (TPSA) is 59.1 Å². The molecule has 0 saturated heterocycles. The number of anilines is 1. The molecule has 3 N–H and O–H groups in total. The van der Waals surface area contributed by atoms with E-state index in [1.165, 1.54) is 37.7 Å². The van der Waals surface area contributed by atoms with Crippen LogP contribution in [0.2, 0.25) is 0 Å². The van der Waals surface area contributed by atoms with Gasteiger partial charge in [0.15, 0.2) is 11.6 Å². The minimum atomic E-state index is 0.200. The van der Waals surface area contributed by atoms with E-state index < -0.39 is 0 Å². The van der Waals surface area contributed by atoms with Crippen LogP contribution in [0.25, 0.3) is 0 Å². The molecule has 102 valence electrons. The van der Waals surface area contributed by atoms with Gasteiger partial charge in [-0.3, -0.25) is 0 Å². The van der Waals surface area contributed by atoms with E-state index in [4.69, 9.17) is 5.73 Å². The molecule has 0 amide bonds. The maximum absolute atomic E-state index is 10.1. The van der Waals surface area contributed by atoms with Crippen LogP contribution in [0, 0.1) is 30.6 Å². The Kier molecular flexibility index (Phi) is 2.36. The second-order valence-electron chi connectivity index (χ2n) is 7.03. The zero-order chi connectivity index (χ0) is 13.1. The van der Waals surface area contributed by atoms with Gasteiger partial charge in [-0.25, -0.2) is 4.98 Å².